The van der Waals surface area contributed by atoms with Crippen molar-refractivity contribution in [2.75, 3.05) is 32.7 Å². The number of hydroxylamine groups is 2. The molecule has 0 bridgehead atoms. The summed E-state index contributed by atoms with van der Waals surface area (Å²) in [6, 6.07) is 0. The lowest BCUT2D eigenvalue weighted by atomic mass is 10.2. The minimum absolute atomic E-state index is 0.213. The van der Waals surface area contributed by atoms with Gasteiger partial charge < -0.3 is 9.74 Å². The van der Waals surface area contributed by atoms with Crippen LogP contribution in [0.1, 0.15) is 33.1 Å². The van der Waals surface area contributed by atoms with E-state index in [9.17, 15) is 4.79 Å². The SMILES string of the molecule is CCCCCN1CCN(OC(C)=O)CC1. The molecule has 0 aromatic carbocycles. The third kappa shape index (κ3) is 5.14. The molecule has 88 valence electrons. The van der Waals surface area contributed by atoms with Crippen LogP contribution in [0.2, 0.25) is 0 Å². The van der Waals surface area contributed by atoms with Gasteiger partial charge in [-0.05, 0) is 13.0 Å². The zero-order valence-corrected chi connectivity index (χ0v) is 9.87. The second-order valence-electron chi connectivity index (χ2n) is 4.06. The van der Waals surface area contributed by atoms with Crippen LogP contribution in [0.4, 0.5) is 0 Å². The van der Waals surface area contributed by atoms with Crippen molar-refractivity contribution >= 4 is 5.97 Å². The van der Waals surface area contributed by atoms with Gasteiger partial charge in [-0.15, -0.1) is 5.06 Å². The predicted molar refractivity (Wildman–Crippen MR) is 59.3 cm³/mol. The maximum Gasteiger partial charge on any atom is 0.322 e. The molecule has 0 saturated carbocycles. The van der Waals surface area contributed by atoms with Gasteiger partial charge in [0, 0.05) is 33.1 Å². The maximum atomic E-state index is 10.7. The molecule has 0 amide bonds. The maximum absolute atomic E-state index is 10.7. The number of piperazine rings is 1. The van der Waals surface area contributed by atoms with Crippen molar-refractivity contribution in [3.8, 4) is 0 Å². The van der Waals surface area contributed by atoms with Crippen LogP contribution in [-0.2, 0) is 9.63 Å². The number of hydrogen-bond donors (Lipinski definition) is 0. The Morgan fingerprint density at radius 1 is 1.20 bits per heavy atom. The minimum Gasteiger partial charge on any atom is -0.368 e. The van der Waals surface area contributed by atoms with Gasteiger partial charge in [-0.3, -0.25) is 4.79 Å². The van der Waals surface area contributed by atoms with Crippen molar-refractivity contribution in [3.63, 3.8) is 0 Å². The van der Waals surface area contributed by atoms with Gasteiger partial charge in [-0.1, -0.05) is 19.8 Å². The number of nitrogens with zero attached hydrogens (tertiary/aromatic N) is 2. The Morgan fingerprint density at radius 3 is 2.40 bits per heavy atom. The molecule has 1 aliphatic rings. The van der Waals surface area contributed by atoms with Gasteiger partial charge in [0.25, 0.3) is 0 Å². The molecule has 0 N–H and O–H groups in total. The first-order valence-electron chi connectivity index (χ1n) is 5.88. The van der Waals surface area contributed by atoms with Crippen LogP contribution in [0, 0.1) is 0 Å². The van der Waals surface area contributed by atoms with Gasteiger partial charge in [-0.25, -0.2) is 0 Å². The molecule has 0 aromatic rings. The number of hydrogen-bond acceptors (Lipinski definition) is 4. The van der Waals surface area contributed by atoms with Crippen molar-refractivity contribution in [1.29, 1.82) is 0 Å². The number of carbonyl (C=O) groups excluding carboxylic acids is 1. The summed E-state index contributed by atoms with van der Waals surface area (Å²) in [5.41, 5.74) is 0. The summed E-state index contributed by atoms with van der Waals surface area (Å²) in [4.78, 5) is 18.2. The summed E-state index contributed by atoms with van der Waals surface area (Å²) < 4.78 is 0. The fraction of sp³-hybridized carbons (Fsp3) is 0.909. The van der Waals surface area contributed by atoms with Crippen LogP contribution in [-0.4, -0.2) is 48.7 Å². The molecule has 0 atom stereocenters. The van der Waals surface area contributed by atoms with E-state index in [1.807, 2.05) is 0 Å². The molecular formula is C11H22N2O2. The van der Waals surface area contributed by atoms with Crippen LogP contribution in [0.5, 0.6) is 0 Å². The Labute approximate surface area is 92.1 Å². The zero-order chi connectivity index (χ0) is 11.1. The Morgan fingerprint density at radius 2 is 1.87 bits per heavy atom. The van der Waals surface area contributed by atoms with E-state index in [0.29, 0.717) is 0 Å². The van der Waals surface area contributed by atoms with E-state index in [-0.39, 0.29) is 5.97 Å². The molecule has 1 fully saturated rings. The number of carbonyl (C=O) groups is 1. The van der Waals surface area contributed by atoms with Crippen molar-refractivity contribution < 1.29 is 9.63 Å². The van der Waals surface area contributed by atoms with Crippen LogP contribution >= 0.6 is 0 Å². The van der Waals surface area contributed by atoms with Crippen molar-refractivity contribution in [2.45, 2.75) is 33.1 Å². The third-order valence-electron chi connectivity index (χ3n) is 2.67. The normalized spacial score (nSPS) is 19.1. The molecule has 0 aliphatic carbocycles. The molecular weight excluding hydrogens is 192 g/mol. The van der Waals surface area contributed by atoms with E-state index < -0.39 is 0 Å². The topological polar surface area (TPSA) is 32.8 Å². The Hall–Kier alpha value is -0.610. The summed E-state index contributed by atoms with van der Waals surface area (Å²) in [7, 11) is 0. The highest BCUT2D eigenvalue weighted by atomic mass is 16.7. The highest BCUT2D eigenvalue weighted by Gasteiger charge is 2.17. The highest BCUT2D eigenvalue weighted by molar-refractivity contribution is 5.65. The smallest absolute Gasteiger partial charge is 0.322 e. The van der Waals surface area contributed by atoms with Gasteiger partial charge in [0.2, 0.25) is 0 Å². The molecule has 1 aliphatic heterocycles. The average Bonchev–Trinajstić information content (AvgIpc) is 2.20. The molecule has 1 saturated heterocycles. The molecule has 4 heteroatoms. The first kappa shape index (κ1) is 12.5. The zero-order valence-electron chi connectivity index (χ0n) is 9.87. The summed E-state index contributed by atoms with van der Waals surface area (Å²) in [5.74, 6) is -0.213. The lowest BCUT2D eigenvalue weighted by Crippen LogP contribution is -2.46. The Bertz CT molecular complexity index is 189. The molecule has 4 nitrogen and oxygen atoms in total. The molecule has 0 spiro atoms. The fourth-order valence-corrected chi connectivity index (χ4v) is 1.81. The first-order valence-corrected chi connectivity index (χ1v) is 5.88. The fourth-order valence-electron chi connectivity index (χ4n) is 1.81. The van der Waals surface area contributed by atoms with Crippen molar-refractivity contribution in [1.82, 2.24) is 9.96 Å². The van der Waals surface area contributed by atoms with Crippen LogP contribution in [0.3, 0.4) is 0 Å². The summed E-state index contributed by atoms with van der Waals surface area (Å²) in [5, 5.41) is 1.76. The molecule has 1 rings (SSSR count). The number of unbranched alkanes of at least 4 members (excludes halogenated alkanes) is 2. The highest BCUT2D eigenvalue weighted by Crippen LogP contribution is 2.05. The van der Waals surface area contributed by atoms with E-state index in [2.05, 4.69) is 11.8 Å². The van der Waals surface area contributed by atoms with E-state index in [4.69, 9.17) is 4.84 Å². The Balaban J connectivity index is 2.10. The second-order valence-corrected chi connectivity index (χ2v) is 4.06. The molecule has 0 aromatic heterocycles. The van der Waals surface area contributed by atoms with Gasteiger partial charge in [0.05, 0.1) is 0 Å². The van der Waals surface area contributed by atoms with Crippen LogP contribution < -0.4 is 0 Å². The van der Waals surface area contributed by atoms with E-state index in [0.717, 1.165) is 26.2 Å². The second kappa shape index (κ2) is 6.80. The Kier molecular flexibility index (Phi) is 5.65. The summed E-state index contributed by atoms with van der Waals surface area (Å²) in [6.07, 6.45) is 3.86. The van der Waals surface area contributed by atoms with Gasteiger partial charge in [-0.2, -0.15) is 0 Å². The van der Waals surface area contributed by atoms with E-state index in [1.54, 1.807) is 5.06 Å². The molecule has 0 radical (unpaired) electrons. The van der Waals surface area contributed by atoms with Crippen LogP contribution in [0.15, 0.2) is 0 Å². The molecule has 15 heavy (non-hydrogen) atoms. The quantitative estimate of drug-likeness (QED) is 0.645. The predicted octanol–water partition coefficient (Wildman–Crippen LogP) is 1.27. The minimum atomic E-state index is -0.213. The monoisotopic (exact) mass is 214 g/mol. The standard InChI is InChI=1S/C11H22N2O2/c1-3-4-5-6-12-7-9-13(10-8-12)15-11(2)14/h3-10H2,1-2H3. The average molecular weight is 214 g/mol. The first-order chi connectivity index (χ1) is 7.22. The van der Waals surface area contributed by atoms with Gasteiger partial charge >= 0.3 is 5.97 Å². The van der Waals surface area contributed by atoms with E-state index in [1.165, 1.54) is 32.7 Å². The summed E-state index contributed by atoms with van der Waals surface area (Å²) >= 11 is 0. The van der Waals surface area contributed by atoms with Gasteiger partial charge in [0.1, 0.15) is 0 Å². The lowest BCUT2D eigenvalue weighted by Gasteiger charge is -2.32. The lowest BCUT2D eigenvalue weighted by molar-refractivity contribution is -0.194. The van der Waals surface area contributed by atoms with E-state index >= 15 is 0 Å². The number of rotatable bonds is 5. The third-order valence-corrected chi connectivity index (χ3v) is 2.67. The van der Waals surface area contributed by atoms with Gasteiger partial charge in [0.15, 0.2) is 0 Å². The van der Waals surface area contributed by atoms with Crippen LogP contribution in [0.25, 0.3) is 0 Å². The molecule has 1 heterocycles. The summed E-state index contributed by atoms with van der Waals surface area (Å²) in [6.45, 7) is 8.55. The van der Waals surface area contributed by atoms with Crippen molar-refractivity contribution in [3.05, 3.63) is 0 Å². The molecule has 0 unspecified atom stereocenters. The largest absolute Gasteiger partial charge is 0.368 e. The van der Waals surface area contributed by atoms with Crippen molar-refractivity contribution in [2.24, 2.45) is 0 Å².